The SMILES string of the molecule is CSc1ccc(N2CC(c3nc(C4(N)CCCC4)no3)CC2=O)cc1. The van der Waals surface area contributed by atoms with Gasteiger partial charge in [0.1, 0.15) is 0 Å². The van der Waals surface area contributed by atoms with E-state index < -0.39 is 5.54 Å². The summed E-state index contributed by atoms with van der Waals surface area (Å²) in [5, 5.41) is 4.12. The van der Waals surface area contributed by atoms with Crippen molar-refractivity contribution >= 4 is 23.4 Å². The third-order valence-corrected chi connectivity index (χ3v) is 5.98. The van der Waals surface area contributed by atoms with Gasteiger partial charge in [0, 0.05) is 23.5 Å². The number of thioether (sulfide) groups is 1. The van der Waals surface area contributed by atoms with Crippen LogP contribution in [0.15, 0.2) is 33.7 Å². The maximum absolute atomic E-state index is 12.4. The molecule has 6 nitrogen and oxygen atoms in total. The standard InChI is InChI=1S/C18H22N4O2S/c1-25-14-6-4-13(5-7-14)22-11-12(10-15(22)23)16-20-17(21-24-16)18(19)8-2-3-9-18/h4-7,12H,2-3,8-11,19H2,1H3. The molecule has 4 rings (SSSR count). The lowest BCUT2D eigenvalue weighted by molar-refractivity contribution is -0.117. The van der Waals surface area contributed by atoms with E-state index in [1.165, 1.54) is 4.90 Å². The van der Waals surface area contributed by atoms with Gasteiger partial charge in [0.25, 0.3) is 0 Å². The summed E-state index contributed by atoms with van der Waals surface area (Å²) >= 11 is 1.68. The molecule has 2 aliphatic rings. The fourth-order valence-electron chi connectivity index (χ4n) is 3.72. The highest BCUT2D eigenvalue weighted by Crippen LogP contribution is 2.37. The van der Waals surface area contributed by atoms with Crippen molar-refractivity contribution in [1.82, 2.24) is 10.1 Å². The Morgan fingerprint density at radius 1 is 1.28 bits per heavy atom. The van der Waals surface area contributed by atoms with Crippen LogP contribution in [0.25, 0.3) is 0 Å². The molecule has 7 heteroatoms. The fraction of sp³-hybridized carbons (Fsp3) is 0.500. The van der Waals surface area contributed by atoms with E-state index in [2.05, 4.69) is 10.1 Å². The van der Waals surface area contributed by atoms with Gasteiger partial charge in [0.2, 0.25) is 11.8 Å². The average molecular weight is 358 g/mol. The van der Waals surface area contributed by atoms with Gasteiger partial charge < -0.3 is 15.2 Å². The number of carbonyl (C=O) groups excluding carboxylic acids is 1. The van der Waals surface area contributed by atoms with Gasteiger partial charge in [0.05, 0.1) is 11.5 Å². The van der Waals surface area contributed by atoms with Crippen LogP contribution < -0.4 is 10.6 Å². The Hall–Kier alpha value is -1.86. The average Bonchev–Trinajstić information content (AvgIpc) is 3.35. The number of benzene rings is 1. The molecule has 1 aliphatic heterocycles. The smallest absolute Gasteiger partial charge is 0.232 e. The molecule has 1 unspecified atom stereocenters. The zero-order valence-corrected chi connectivity index (χ0v) is 15.1. The molecule has 2 aromatic rings. The van der Waals surface area contributed by atoms with Crippen LogP contribution in [-0.2, 0) is 10.3 Å². The second-order valence-corrected chi connectivity index (χ2v) is 7.80. The number of anilines is 1. The Bertz CT molecular complexity index is 768. The van der Waals surface area contributed by atoms with Crippen LogP contribution in [0.4, 0.5) is 5.69 Å². The van der Waals surface area contributed by atoms with Gasteiger partial charge in [-0.3, -0.25) is 4.79 Å². The van der Waals surface area contributed by atoms with Crippen molar-refractivity contribution in [3.63, 3.8) is 0 Å². The molecule has 1 aromatic heterocycles. The molecule has 2 fully saturated rings. The molecule has 1 aliphatic carbocycles. The summed E-state index contributed by atoms with van der Waals surface area (Å²) < 4.78 is 5.47. The summed E-state index contributed by atoms with van der Waals surface area (Å²) in [6.45, 7) is 0.566. The van der Waals surface area contributed by atoms with E-state index in [0.29, 0.717) is 24.7 Å². The lowest BCUT2D eigenvalue weighted by Crippen LogP contribution is -2.34. The molecule has 0 spiro atoms. The summed E-state index contributed by atoms with van der Waals surface area (Å²) in [5.74, 6) is 1.14. The van der Waals surface area contributed by atoms with Crippen molar-refractivity contribution in [3.05, 3.63) is 36.0 Å². The Labute approximate surface area is 151 Å². The maximum Gasteiger partial charge on any atom is 0.232 e. The van der Waals surface area contributed by atoms with Gasteiger partial charge in [0.15, 0.2) is 5.82 Å². The first-order valence-corrected chi connectivity index (χ1v) is 9.89. The third kappa shape index (κ3) is 3.06. The van der Waals surface area contributed by atoms with Crippen LogP contribution in [0.3, 0.4) is 0 Å². The highest BCUT2D eigenvalue weighted by Gasteiger charge is 2.39. The van der Waals surface area contributed by atoms with Crippen molar-refractivity contribution in [2.45, 2.75) is 48.5 Å². The molecule has 1 amide bonds. The molecule has 2 heterocycles. The molecule has 25 heavy (non-hydrogen) atoms. The topological polar surface area (TPSA) is 85.2 Å². The number of aromatic nitrogens is 2. The zero-order valence-electron chi connectivity index (χ0n) is 14.3. The van der Waals surface area contributed by atoms with E-state index in [9.17, 15) is 4.79 Å². The fourth-order valence-corrected chi connectivity index (χ4v) is 4.13. The lowest BCUT2D eigenvalue weighted by Gasteiger charge is -2.18. The number of hydrogen-bond donors (Lipinski definition) is 1. The minimum Gasteiger partial charge on any atom is -0.339 e. The predicted molar refractivity (Wildman–Crippen MR) is 96.6 cm³/mol. The second kappa shape index (κ2) is 6.46. The molecule has 1 saturated heterocycles. The number of nitrogens with zero attached hydrogens (tertiary/aromatic N) is 3. The third-order valence-electron chi connectivity index (χ3n) is 5.24. The van der Waals surface area contributed by atoms with Gasteiger partial charge in [-0.25, -0.2) is 0 Å². The Kier molecular flexibility index (Phi) is 4.29. The molecular weight excluding hydrogens is 336 g/mol. The minimum atomic E-state index is -0.461. The number of nitrogens with two attached hydrogens (primary N) is 1. The maximum atomic E-state index is 12.4. The van der Waals surface area contributed by atoms with E-state index in [1.54, 1.807) is 16.7 Å². The van der Waals surface area contributed by atoms with Crippen molar-refractivity contribution in [1.29, 1.82) is 0 Å². The summed E-state index contributed by atoms with van der Waals surface area (Å²) in [6, 6.07) is 8.03. The van der Waals surface area contributed by atoms with Crippen LogP contribution in [0.5, 0.6) is 0 Å². The van der Waals surface area contributed by atoms with Gasteiger partial charge in [-0.2, -0.15) is 4.98 Å². The Morgan fingerprint density at radius 3 is 2.68 bits per heavy atom. The molecule has 1 aromatic carbocycles. The number of amides is 1. The van der Waals surface area contributed by atoms with E-state index >= 15 is 0 Å². The van der Waals surface area contributed by atoms with Gasteiger partial charge in [-0.15, -0.1) is 11.8 Å². The van der Waals surface area contributed by atoms with Gasteiger partial charge >= 0.3 is 0 Å². The molecule has 2 N–H and O–H groups in total. The van der Waals surface area contributed by atoms with Crippen LogP contribution in [0.2, 0.25) is 0 Å². The molecular formula is C18H22N4O2S. The number of hydrogen-bond acceptors (Lipinski definition) is 6. The first-order chi connectivity index (χ1) is 12.1. The van der Waals surface area contributed by atoms with E-state index in [1.807, 2.05) is 30.5 Å². The summed E-state index contributed by atoms with van der Waals surface area (Å²) in [4.78, 5) is 20.0. The monoisotopic (exact) mass is 358 g/mol. The van der Waals surface area contributed by atoms with Crippen molar-refractivity contribution in [3.8, 4) is 0 Å². The Balaban J connectivity index is 1.51. The van der Waals surface area contributed by atoms with E-state index in [-0.39, 0.29) is 11.8 Å². The van der Waals surface area contributed by atoms with Crippen LogP contribution in [-0.4, -0.2) is 28.8 Å². The van der Waals surface area contributed by atoms with Crippen LogP contribution >= 0.6 is 11.8 Å². The van der Waals surface area contributed by atoms with Crippen molar-refractivity contribution in [2.75, 3.05) is 17.7 Å². The number of rotatable bonds is 4. The quantitative estimate of drug-likeness (QED) is 0.846. The van der Waals surface area contributed by atoms with Crippen LogP contribution in [0.1, 0.15) is 49.7 Å². The molecule has 0 bridgehead atoms. The van der Waals surface area contributed by atoms with Crippen LogP contribution in [0, 0.1) is 0 Å². The Morgan fingerprint density at radius 2 is 2.00 bits per heavy atom. The molecule has 1 saturated carbocycles. The first-order valence-electron chi connectivity index (χ1n) is 8.66. The van der Waals surface area contributed by atoms with Crippen molar-refractivity contribution < 1.29 is 9.32 Å². The first kappa shape index (κ1) is 16.6. The largest absolute Gasteiger partial charge is 0.339 e. The summed E-state index contributed by atoms with van der Waals surface area (Å²) in [5.41, 5.74) is 6.85. The summed E-state index contributed by atoms with van der Waals surface area (Å²) in [7, 11) is 0. The summed E-state index contributed by atoms with van der Waals surface area (Å²) in [6.07, 6.45) is 6.41. The lowest BCUT2D eigenvalue weighted by atomic mass is 9.98. The number of carbonyl (C=O) groups is 1. The highest BCUT2D eigenvalue weighted by atomic mass is 32.2. The van der Waals surface area contributed by atoms with E-state index in [0.717, 1.165) is 31.4 Å². The molecule has 1 atom stereocenters. The highest BCUT2D eigenvalue weighted by molar-refractivity contribution is 7.98. The predicted octanol–water partition coefficient (Wildman–Crippen LogP) is 3.04. The van der Waals surface area contributed by atoms with Gasteiger partial charge in [-0.1, -0.05) is 18.0 Å². The van der Waals surface area contributed by atoms with Gasteiger partial charge in [-0.05, 0) is 43.4 Å². The molecule has 132 valence electrons. The van der Waals surface area contributed by atoms with E-state index in [4.69, 9.17) is 10.3 Å². The molecule has 0 radical (unpaired) electrons. The zero-order chi connectivity index (χ0) is 17.4. The van der Waals surface area contributed by atoms with Crippen molar-refractivity contribution in [2.24, 2.45) is 5.73 Å². The normalized spacial score (nSPS) is 22.7. The minimum absolute atomic E-state index is 0.0704. The second-order valence-electron chi connectivity index (χ2n) is 6.92.